The van der Waals surface area contributed by atoms with Crippen LogP contribution >= 0.6 is 11.3 Å². The van der Waals surface area contributed by atoms with Gasteiger partial charge in [0.1, 0.15) is 0 Å². The molecule has 1 heterocycles. The molecule has 6 heteroatoms. The van der Waals surface area contributed by atoms with Crippen molar-refractivity contribution in [3.8, 4) is 11.5 Å². The van der Waals surface area contributed by atoms with E-state index in [0.29, 0.717) is 0 Å². The Bertz CT molecular complexity index is 906. The molecule has 0 aliphatic heterocycles. The molecule has 0 bridgehead atoms. The summed E-state index contributed by atoms with van der Waals surface area (Å²) >= 11 is 1.58. The number of aromatic nitrogens is 1. The number of hydrogen-bond donors (Lipinski definition) is 1. The van der Waals surface area contributed by atoms with Gasteiger partial charge in [0.25, 0.3) is 0 Å². The van der Waals surface area contributed by atoms with E-state index in [1.54, 1.807) is 24.7 Å². The van der Waals surface area contributed by atoms with Crippen molar-refractivity contribution < 1.29 is 9.47 Å². The molecule has 0 radical (unpaired) electrons. The van der Waals surface area contributed by atoms with Gasteiger partial charge in [-0.2, -0.15) is 5.10 Å². The predicted molar refractivity (Wildman–Crippen MR) is 127 cm³/mol. The molecule has 160 valence electrons. The van der Waals surface area contributed by atoms with Gasteiger partial charge in [0.05, 0.1) is 30.1 Å². The molecule has 5 nitrogen and oxygen atoms in total. The van der Waals surface area contributed by atoms with Crippen LogP contribution in [0.4, 0.5) is 5.13 Å². The molecular weight excluding hydrogens is 394 g/mol. The van der Waals surface area contributed by atoms with Crippen LogP contribution in [-0.4, -0.2) is 24.9 Å². The SMILES string of the molecule is CCCCCCCCCOc1ccc(/C=N\Nc2nc3ccccc3s2)cc1OC. The number of thiazole rings is 1. The molecule has 3 aromatic rings. The number of benzene rings is 2. The molecule has 3 rings (SSSR count). The minimum Gasteiger partial charge on any atom is -0.493 e. The highest BCUT2D eigenvalue weighted by atomic mass is 32.1. The quantitative estimate of drug-likeness (QED) is 0.184. The summed E-state index contributed by atoms with van der Waals surface area (Å²) in [5.74, 6) is 1.50. The van der Waals surface area contributed by atoms with E-state index in [4.69, 9.17) is 9.47 Å². The van der Waals surface area contributed by atoms with E-state index < -0.39 is 0 Å². The molecule has 0 atom stereocenters. The van der Waals surface area contributed by atoms with Crippen molar-refractivity contribution in [3.63, 3.8) is 0 Å². The van der Waals surface area contributed by atoms with Gasteiger partial charge in [0, 0.05) is 0 Å². The first kappa shape index (κ1) is 22.1. The Morgan fingerprint density at radius 2 is 1.80 bits per heavy atom. The smallest absolute Gasteiger partial charge is 0.204 e. The zero-order valence-electron chi connectivity index (χ0n) is 17.9. The molecule has 1 N–H and O–H groups in total. The fourth-order valence-electron chi connectivity index (χ4n) is 3.21. The van der Waals surface area contributed by atoms with Crippen molar-refractivity contribution in [1.29, 1.82) is 0 Å². The zero-order valence-corrected chi connectivity index (χ0v) is 18.7. The highest BCUT2D eigenvalue weighted by Gasteiger charge is 2.05. The van der Waals surface area contributed by atoms with Crippen LogP contribution in [0.2, 0.25) is 0 Å². The number of fused-ring (bicyclic) bond motifs is 1. The summed E-state index contributed by atoms with van der Waals surface area (Å²) in [4.78, 5) is 4.51. The standard InChI is InChI=1S/C24H31N3O2S/c1-3-4-5-6-7-8-11-16-29-21-15-14-19(17-22(21)28-2)18-25-27-24-26-20-12-9-10-13-23(20)30-24/h9-10,12-15,17-18H,3-8,11,16H2,1-2H3,(H,26,27)/b25-18-. The van der Waals surface area contributed by atoms with E-state index in [0.717, 1.165) is 45.4 Å². The van der Waals surface area contributed by atoms with Gasteiger partial charge in [-0.05, 0) is 42.3 Å². The molecule has 0 unspecified atom stereocenters. The van der Waals surface area contributed by atoms with Gasteiger partial charge in [-0.1, -0.05) is 68.9 Å². The summed E-state index contributed by atoms with van der Waals surface area (Å²) in [5, 5.41) is 5.08. The number of ether oxygens (including phenoxy) is 2. The third-order valence-electron chi connectivity index (χ3n) is 4.86. The maximum absolute atomic E-state index is 5.92. The van der Waals surface area contributed by atoms with E-state index in [2.05, 4.69) is 28.5 Å². The molecule has 0 fully saturated rings. The molecule has 0 aliphatic rings. The summed E-state index contributed by atoms with van der Waals surface area (Å²) in [7, 11) is 1.66. The minimum absolute atomic E-state index is 0.719. The summed E-state index contributed by atoms with van der Waals surface area (Å²) in [6.07, 6.45) is 10.7. The number of nitrogens with zero attached hydrogens (tertiary/aromatic N) is 2. The third kappa shape index (κ3) is 6.73. The van der Waals surface area contributed by atoms with Crippen molar-refractivity contribution in [3.05, 3.63) is 48.0 Å². The summed E-state index contributed by atoms with van der Waals surface area (Å²) < 4.78 is 12.6. The van der Waals surface area contributed by atoms with Crippen molar-refractivity contribution in [2.45, 2.75) is 51.9 Å². The van der Waals surface area contributed by atoms with Gasteiger partial charge in [-0.3, -0.25) is 5.43 Å². The highest BCUT2D eigenvalue weighted by Crippen LogP contribution is 2.28. The Morgan fingerprint density at radius 3 is 2.60 bits per heavy atom. The molecule has 30 heavy (non-hydrogen) atoms. The van der Waals surface area contributed by atoms with Gasteiger partial charge >= 0.3 is 0 Å². The number of rotatable bonds is 13. The molecule has 0 spiro atoms. The lowest BCUT2D eigenvalue weighted by Crippen LogP contribution is -2.00. The second kappa shape index (κ2) is 12.2. The van der Waals surface area contributed by atoms with Crippen LogP contribution in [0, 0.1) is 0 Å². The largest absolute Gasteiger partial charge is 0.493 e. The summed E-state index contributed by atoms with van der Waals surface area (Å²) in [6, 6.07) is 13.9. The van der Waals surface area contributed by atoms with Gasteiger partial charge in [-0.15, -0.1) is 0 Å². The van der Waals surface area contributed by atoms with E-state index in [-0.39, 0.29) is 0 Å². The molecule has 2 aromatic carbocycles. The van der Waals surface area contributed by atoms with Crippen LogP contribution < -0.4 is 14.9 Å². The van der Waals surface area contributed by atoms with Crippen LogP contribution in [0.1, 0.15) is 57.4 Å². The lowest BCUT2D eigenvalue weighted by molar-refractivity contribution is 0.284. The Kier molecular flexibility index (Phi) is 8.97. The van der Waals surface area contributed by atoms with Gasteiger partial charge < -0.3 is 9.47 Å². The Balaban J connectivity index is 1.46. The first-order chi connectivity index (χ1) is 14.8. The molecule has 0 amide bonds. The topological polar surface area (TPSA) is 55.7 Å². The van der Waals surface area contributed by atoms with Crippen LogP contribution in [0.3, 0.4) is 0 Å². The number of anilines is 1. The molecule has 0 aliphatic carbocycles. The lowest BCUT2D eigenvalue weighted by atomic mass is 10.1. The maximum Gasteiger partial charge on any atom is 0.204 e. The normalized spacial score (nSPS) is 11.3. The van der Waals surface area contributed by atoms with Crippen LogP contribution in [0.15, 0.2) is 47.6 Å². The van der Waals surface area contributed by atoms with E-state index in [1.165, 1.54) is 38.5 Å². The fourth-order valence-corrected chi connectivity index (χ4v) is 4.02. The van der Waals surface area contributed by atoms with Crippen molar-refractivity contribution in [2.75, 3.05) is 19.1 Å². The number of nitrogens with one attached hydrogen (secondary N) is 1. The number of methoxy groups -OCH3 is 1. The number of hydrazone groups is 1. The highest BCUT2D eigenvalue weighted by molar-refractivity contribution is 7.22. The van der Waals surface area contributed by atoms with Gasteiger partial charge in [0.2, 0.25) is 5.13 Å². The van der Waals surface area contributed by atoms with Crippen LogP contribution in [0.5, 0.6) is 11.5 Å². The Morgan fingerprint density at radius 1 is 1.00 bits per heavy atom. The zero-order chi connectivity index (χ0) is 21.0. The number of hydrogen-bond acceptors (Lipinski definition) is 6. The Hall–Kier alpha value is -2.60. The molecular formula is C24H31N3O2S. The average Bonchev–Trinajstić information content (AvgIpc) is 3.19. The maximum atomic E-state index is 5.92. The summed E-state index contributed by atoms with van der Waals surface area (Å²) in [6.45, 7) is 2.97. The molecule has 0 saturated heterocycles. The van der Waals surface area contributed by atoms with Crippen LogP contribution in [0.25, 0.3) is 10.2 Å². The first-order valence-electron chi connectivity index (χ1n) is 10.8. The Labute approximate surface area is 183 Å². The number of para-hydroxylation sites is 1. The van der Waals surface area contributed by atoms with Crippen LogP contribution in [-0.2, 0) is 0 Å². The second-order valence-corrected chi connectivity index (χ2v) is 8.27. The van der Waals surface area contributed by atoms with Gasteiger partial charge in [0.15, 0.2) is 11.5 Å². The van der Waals surface area contributed by atoms with E-state index >= 15 is 0 Å². The van der Waals surface area contributed by atoms with Crippen molar-refractivity contribution in [2.24, 2.45) is 5.10 Å². The van der Waals surface area contributed by atoms with E-state index in [1.807, 2.05) is 36.4 Å². The molecule has 1 aromatic heterocycles. The second-order valence-electron chi connectivity index (χ2n) is 7.24. The summed E-state index contributed by atoms with van der Waals surface area (Å²) in [5.41, 5.74) is 4.92. The third-order valence-corrected chi connectivity index (χ3v) is 5.80. The lowest BCUT2D eigenvalue weighted by Gasteiger charge is -2.11. The van der Waals surface area contributed by atoms with Crippen molar-refractivity contribution in [1.82, 2.24) is 4.98 Å². The average molecular weight is 426 g/mol. The molecule has 0 saturated carbocycles. The van der Waals surface area contributed by atoms with Gasteiger partial charge in [-0.25, -0.2) is 4.98 Å². The minimum atomic E-state index is 0.719. The predicted octanol–water partition coefficient (Wildman–Crippen LogP) is 6.88. The van der Waals surface area contributed by atoms with Crippen molar-refractivity contribution >= 4 is 32.9 Å². The monoisotopic (exact) mass is 425 g/mol. The number of unbranched alkanes of at least 4 members (excludes halogenated alkanes) is 6. The first-order valence-corrected chi connectivity index (χ1v) is 11.6. The fraction of sp³-hybridized carbons (Fsp3) is 0.417. The van der Waals surface area contributed by atoms with E-state index in [9.17, 15) is 0 Å².